The summed E-state index contributed by atoms with van der Waals surface area (Å²) in [5.41, 5.74) is 1.56. The standard InChI is InChI=1S/C19H16BrFN4O2/c20-12-5-6-14(13(21)11-12)24-19(26)17-18(25-7-9-27-10-8-25)23-16-4-2-1-3-15(16)22-17/h1-6,11H,7-10H2,(H,24,26). The average Bonchev–Trinajstić information content (AvgIpc) is 2.69. The zero-order valence-corrected chi connectivity index (χ0v) is 15.9. The number of anilines is 2. The number of carbonyl (C=O) groups excluding carboxylic acids is 1. The highest BCUT2D eigenvalue weighted by Crippen LogP contribution is 2.24. The number of para-hydroxylation sites is 2. The Bertz CT molecular complexity index is 1010. The Balaban J connectivity index is 1.74. The van der Waals surface area contributed by atoms with Gasteiger partial charge in [-0.1, -0.05) is 28.1 Å². The van der Waals surface area contributed by atoms with Gasteiger partial charge < -0.3 is 15.0 Å². The summed E-state index contributed by atoms with van der Waals surface area (Å²) in [4.78, 5) is 24.0. The lowest BCUT2D eigenvalue weighted by atomic mass is 10.2. The SMILES string of the molecule is O=C(Nc1ccc(Br)cc1F)c1nc2ccccc2nc1N1CCOCC1. The first-order valence-electron chi connectivity index (χ1n) is 8.48. The second-order valence-corrected chi connectivity index (χ2v) is 6.98. The first-order chi connectivity index (χ1) is 13.1. The quantitative estimate of drug-likeness (QED) is 0.687. The Hall–Kier alpha value is -2.58. The van der Waals surface area contributed by atoms with E-state index >= 15 is 0 Å². The van der Waals surface area contributed by atoms with Gasteiger partial charge in [0.25, 0.3) is 5.91 Å². The summed E-state index contributed by atoms with van der Waals surface area (Å²) < 4.78 is 20.1. The van der Waals surface area contributed by atoms with Crippen molar-refractivity contribution in [2.45, 2.75) is 0 Å². The molecule has 1 saturated heterocycles. The van der Waals surface area contributed by atoms with Gasteiger partial charge in [-0.15, -0.1) is 0 Å². The molecule has 0 bridgehead atoms. The van der Waals surface area contributed by atoms with Crippen LogP contribution in [-0.2, 0) is 4.74 Å². The molecule has 0 aliphatic carbocycles. The van der Waals surface area contributed by atoms with Crippen molar-refractivity contribution in [1.29, 1.82) is 0 Å². The van der Waals surface area contributed by atoms with Crippen LogP contribution < -0.4 is 10.2 Å². The highest BCUT2D eigenvalue weighted by Gasteiger charge is 2.23. The van der Waals surface area contributed by atoms with Gasteiger partial charge in [0.15, 0.2) is 11.5 Å². The summed E-state index contributed by atoms with van der Waals surface area (Å²) in [7, 11) is 0. The zero-order valence-electron chi connectivity index (χ0n) is 14.3. The van der Waals surface area contributed by atoms with Gasteiger partial charge in [-0.3, -0.25) is 4.79 Å². The first kappa shape index (κ1) is 17.8. The molecule has 0 saturated carbocycles. The molecular formula is C19H16BrFN4O2. The largest absolute Gasteiger partial charge is 0.378 e. The molecule has 6 nitrogen and oxygen atoms in total. The van der Waals surface area contributed by atoms with Crippen molar-refractivity contribution in [2.75, 3.05) is 36.5 Å². The van der Waals surface area contributed by atoms with Gasteiger partial charge in [-0.25, -0.2) is 14.4 Å². The summed E-state index contributed by atoms with van der Waals surface area (Å²) >= 11 is 3.20. The van der Waals surface area contributed by atoms with Crippen LogP contribution in [0.5, 0.6) is 0 Å². The number of rotatable bonds is 3. The molecule has 8 heteroatoms. The van der Waals surface area contributed by atoms with Crippen LogP contribution in [0, 0.1) is 5.82 Å². The maximum Gasteiger partial charge on any atom is 0.278 e. The van der Waals surface area contributed by atoms with E-state index in [0.717, 1.165) is 0 Å². The van der Waals surface area contributed by atoms with Crippen LogP contribution in [0.15, 0.2) is 46.9 Å². The normalized spacial score (nSPS) is 14.4. The van der Waals surface area contributed by atoms with Crippen molar-refractivity contribution in [1.82, 2.24) is 9.97 Å². The number of fused-ring (bicyclic) bond motifs is 1. The van der Waals surface area contributed by atoms with Crippen molar-refractivity contribution >= 4 is 44.4 Å². The van der Waals surface area contributed by atoms with E-state index in [1.54, 1.807) is 12.1 Å². The van der Waals surface area contributed by atoms with Gasteiger partial charge >= 0.3 is 0 Å². The molecular weight excluding hydrogens is 415 g/mol. The number of nitrogens with one attached hydrogen (secondary N) is 1. The highest BCUT2D eigenvalue weighted by molar-refractivity contribution is 9.10. The number of morpholine rings is 1. The number of ether oxygens (including phenoxy) is 1. The van der Waals surface area contributed by atoms with Crippen molar-refractivity contribution in [3.8, 4) is 0 Å². The van der Waals surface area contributed by atoms with E-state index in [0.29, 0.717) is 47.6 Å². The molecule has 0 spiro atoms. The Kier molecular flexibility index (Phi) is 5.00. The molecule has 1 aliphatic rings. The minimum atomic E-state index is -0.528. The van der Waals surface area contributed by atoms with Gasteiger partial charge in [0.1, 0.15) is 5.82 Å². The van der Waals surface area contributed by atoms with Crippen molar-refractivity contribution in [3.05, 3.63) is 58.4 Å². The van der Waals surface area contributed by atoms with Crippen molar-refractivity contribution < 1.29 is 13.9 Å². The Labute approximate surface area is 163 Å². The van der Waals surface area contributed by atoms with Crippen LogP contribution in [0.1, 0.15) is 10.5 Å². The number of amides is 1. The van der Waals surface area contributed by atoms with Crippen LogP contribution in [-0.4, -0.2) is 42.2 Å². The summed E-state index contributed by atoms with van der Waals surface area (Å²) in [6.07, 6.45) is 0. The fourth-order valence-corrected chi connectivity index (χ4v) is 3.24. The molecule has 1 aliphatic heterocycles. The number of hydrogen-bond donors (Lipinski definition) is 1. The first-order valence-corrected chi connectivity index (χ1v) is 9.27. The lowest BCUT2D eigenvalue weighted by molar-refractivity contribution is 0.101. The second kappa shape index (κ2) is 7.58. The smallest absolute Gasteiger partial charge is 0.278 e. The van der Waals surface area contributed by atoms with Gasteiger partial charge in [0.2, 0.25) is 0 Å². The third-order valence-electron chi connectivity index (χ3n) is 4.26. The Morgan fingerprint density at radius 3 is 2.52 bits per heavy atom. The van der Waals surface area contributed by atoms with E-state index in [2.05, 4.69) is 31.2 Å². The maximum absolute atomic E-state index is 14.1. The van der Waals surface area contributed by atoms with Gasteiger partial charge in [-0.2, -0.15) is 0 Å². The van der Waals surface area contributed by atoms with Gasteiger partial charge in [0, 0.05) is 17.6 Å². The molecule has 2 heterocycles. The van der Waals surface area contributed by atoms with Crippen LogP contribution >= 0.6 is 15.9 Å². The predicted octanol–water partition coefficient (Wildman–Crippen LogP) is 3.62. The molecule has 3 aromatic rings. The van der Waals surface area contributed by atoms with Crippen LogP contribution in [0.2, 0.25) is 0 Å². The van der Waals surface area contributed by atoms with E-state index < -0.39 is 11.7 Å². The third-order valence-corrected chi connectivity index (χ3v) is 4.75. The fraction of sp³-hybridized carbons (Fsp3) is 0.211. The molecule has 1 N–H and O–H groups in total. The lowest BCUT2D eigenvalue weighted by Crippen LogP contribution is -2.38. The number of carbonyl (C=O) groups is 1. The number of benzene rings is 2. The summed E-state index contributed by atoms with van der Waals surface area (Å²) in [6, 6.07) is 11.8. The number of aromatic nitrogens is 2. The topological polar surface area (TPSA) is 67.4 Å². The van der Waals surface area contributed by atoms with E-state index in [-0.39, 0.29) is 11.4 Å². The minimum Gasteiger partial charge on any atom is -0.378 e. The molecule has 1 fully saturated rings. The number of hydrogen-bond acceptors (Lipinski definition) is 5. The van der Waals surface area contributed by atoms with Gasteiger partial charge in [-0.05, 0) is 30.3 Å². The fourth-order valence-electron chi connectivity index (χ4n) is 2.91. The molecule has 27 heavy (non-hydrogen) atoms. The summed E-state index contributed by atoms with van der Waals surface area (Å²) in [5.74, 6) is -0.553. The molecule has 4 rings (SSSR count). The Morgan fingerprint density at radius 2 is 1.81 bits per heavy atom. The molecule has 1 amide bonds. The van der Waals surface area contributed by atoms with Crippen LogP contribution in [0.4, 0.5) is 15.9 Å². The van der Waals surface area contributed by atoms with E-state index in [1.807, 2.05) is 23.1 Å². The second-order valence-electron chi connectivity index (χ2n) is 6.06. The minimum absolute atomic E-state index is 0.0890. The highest BCUT2D eigenvalue weighted by atomic mass is 79.9. The number of halogens is 2. The maximum atomic E-state index is 14.1. The van der Waals surface area contributed by atoms with Crippen molar-refractivity contribution in [2.24, 2.45) is 0 Å². The molecule has 0 radical (unpaired) electrons. The van der Waals surface area contributed by atoms with E-state index in [1.165, 1.54) is 12.1 Å². The van der Waals surface area contributed by atoms with Crippen molar-refractivity contribution in [3.63, 3.8) is 0 Å². The molecule has 0 atom stereocenters. The molecule has 138 valence electrons. The van der Waals surface area contributed by atoms with Crippen LogP contribution in [0.3, 0.4) is 0 Å². The monoisotopic (exact) mass is 430 g/mol. The number of nitrogens with zero attached hydrogens (tertiary/aromatic N) is 3. The van der Waals surface area contributed by atoms with Gasteiger partial charge in [0.05, 0.1) is 29.9 Å². The summed E-state index contributed by atoms with van der Waals surface area (Å²) in [5, 5.41) is 2.60. The lowest BCUT2D eigenvalue weighted by Gasteiger charge is -2.29. The average molecular weight is 431 g/mol. The zero-order chi connectivity index (χ0) is 18.8. The van der Waals surface area contributed by atoms with Crippen LogP contribution in [0.25, 0.3) is 11.0 Å². The van der Waals surface area contributed by atoms with E-state index in [4.69, 9.17) is 4.74 Å². The molecule has 0 unspecified atom stereocenters. The van der Waals surface area contributed by atoms with E-state index in [9.17, 15) is 9.18 Å². The molecule has 2 aromatic carbocycles. The Morgan fingerprint density at radius 1 is 1.11 bits per heavy atom. The molecule has 1 aromatic heterocycles. The third kappa shape index (κ3) is 3.77. The predicted molar refractivity (Wildman–Crippen MR) is 105 cm³/mol. The summed E-state index contributed by atoms with van der Waals surface area (Å²) in [6.45, 7) is 2.33.